The number of benzene rings is 1. The Kier molecular flexibility index (Phi) is 5.21. The van der Waals surface area contributed by atoms with Crippen LogP contribution in [0.15, 0.2) is 30.5 Å². The van der Waals surface area contributed by atoms with Crippen LogP contribution < -0.4 is 5.32 Å². The van der Waals surface area contributed by atoms with E-state index in [1.807, 2.05) is 26.0 Å². The van der Waals surface area contributed by atoms with E-state index in [0.29, 0.717) is 16.3 Å². The molecule has 2 aromatic rings. The number of rotatable bonds is 5. The summed E-state index contributed by atoms with van der Waals surface area (Å²) in [6.07, 6.45) is 1.12. The third-order valence-corrected chi connectivity index (χ3v) is 3.73. The van der Waals surface area contributed by atoms with E-state index in [4.69, 9.17) is 11.6 Å². The van der Waals surface area contributed by atoms with E-state index < -0.39 is 6.10 Å². The molecule has 0 aliphatic rings. The van der Waals surface area contributed by atoms with Crippen molar-refractivity contribution in [3.05, 3.63) is 46.7 Å². The first kappa shape index (κ1) is 16.5. The average Bonchev–Trinajstić information content (AvgIpc) is 2.87. The summed E-state index contributed by atoms with van der Waals surface area (Å²) in [5.74, 6) is -0.143. The summed E-state index contributed by atoms with van der Waals surface area (Å²) in [5, 5.41) is 17.5. The van der Waals surface area contributed by atoms with Crippen molar-refractivity contribution in [2.45, 2.75) is 26.9 Å². The van der Waals surface area contributed by atoms with E-state index in [-0.39, 0.29) is 18.4 Å². The molecule has 0 radical (unpaired) electrons. The number of hydrogen-bond acceptors (Lipinski definition) is 3. The van der Waals surface area contributed by atoms with Crippen LogP contribution in [0.3, 0.4) is 0 Å². The molecule has 1 atom stereocenters. The van der Waals surface area contributed by atoms with Crippen LogP contribution in [0.5, 0.6) is 0 Å². The Balaban J connectivity index is 2.12. The number of halogens is 1. The number of aromatic nitrogens is 2. The zero-order valence-electron chi connectivity index (χ0n) is 12.9. The Labute approximate surface area is 134 Å². The first-order chi connectivity index (χ1) is 10.4. The molecule has 2 rings (SSSR count). The fourth-order valence-electron chi connectivity index (χ4n) is 1.94. The van der Waals surface area contributed by atoms with Crippen molar-refractivity contribution in [1.29, 1.82) is 0 Å². The van der Waals surface area contributed by atoms with E-state index in [2.05, 4.69) is 10.4 Å². The number of nitrogens with one attached hydrogen (secondary N) is 1. The molecule has 0 aliphatic carbocycles. The standard InChI is InChI=1S/C16H20ClN3O2/c1-10(2)15(21)8-18-16(22)14-9-20(19-11(14)3)13-6-4-12(17)5-7-13/h4-7,9-10,15,21H,8H2,1-3H3,(H,18,22). The van der Waals surface area contributed by atoms with Crippen LogP contribution in [0.1, 0.15) is 29.9 Å². The summed E-state index contributed by atoms with van der Waals surface area (Å²) in [7, 11) is 0. The predicted octanol–water partition coefficient (Wildman–Crippen LogP) is 2.58. The average molecular weight is 322 g/mol. The van der Waals surface area contributed by atoms with Crippen LogP contribution in [0.4, 0.5) is 0 Å². The molecule has 0 spiro atoms. The second-order valence-electron chi connectivity index (χ2n) is 5.57. The Morgan fingerprint density at radius 3 is 2.59 bits per heavy atom. The van der Waals surface area contributed by atoms with Crippen LogP contribution in [-0.2, 0) is 0 Å². The zero-order chi connectivity index (χ0) is 16.3. The minimum Gasteiger partial charge on any atom is -0.391 e. The second kappa shape index (κ2) is 6.94. The Morgan fingerprint density at radius 1 is 1.36 bits per heavy atom. The van der Waals surface area contributed by atoms with Crippen LogP contribution >= 0.6 is 11.6 Å². The zero-order valence-corrected chi connectivity index (χ0v) is 13.6. The predicted molar refractivity (Wildman–Crippen MR) is 86.5 cm³/mol. The van der Waals surface area contributed by atoms with Gasteiger partial charge in [0, 0.05) is 17.8 Å². The topological polar surface area (TPSA) is 67.2 Å². The number of aliphatic hydroxyl groups is 1. The normalized spacial score (nSPS) is 12.5. The number of aliphatic hydroxyl groups excluding tert-OH is 1. The molecule has 6 heteroatoms. The molecule has 0 saturated carbocycles. The van der Waals surface area contributed by atoms with Crippen molar-refractivity contribution in [3.63, 3.8) is 0 Å². The molecule has 0 saturated heterocycles. The molecular weight excluding hydrogens is 302 g/mol. The molecule has 5 nitrogen and oxygen atoms in total. The third kappa shape index (κ3) is 3.87. The van der Waals surface area contributed by atoms with Crippen LogP contribution in [0.2, 0.25) is 5.02 Å². The van der Waals surface area contributed by atoms with E-state index in [1.54, 1.807) is 29.9 Å². The highest BCUT2D eigenvalue weighted by molar-refractivity contribution is 6.30. The van der Waals surface area contributed by atoms with Gasteiger partial charge in [0.15, 0.2) is 0 Å². The van der Waals surface area contributed by atoms with Gasteiger partial charge in [-0.2, -0.15) is 5.10 Å². The lowest BCUT2D eigenvalue weighted by Gasteiger charge is -2.14. The third-order valence-electron chi connectivity index (χ3n) is 3.48. The summed E-state index contributed by atoms with van der Waals surface area (Å²) in [4.78, 5) is 12.2. The number of aryl methyl sites for hydroxylation is 1. The lowest BCUT2D eigenvalue weighted by atomic mass is 10.1. The number of amides is 1. The number of hydrogen-bond donors (Lipinski definition) is 2. The summed E-state index contributed by atoms with van der Waals surface area (Å²) in [6, 6.07) is 7.21. The Morgan fingerprint density at radius 2 is 2.00 bits per heavy atom. The molecule has 0 bridgehead atoms. The van der Waals surface area contributed by atoms with Crippen molar-refractivity contribution in [1.82, 2.24) is 15.1 Å². The summed E-state index contributed by atoms with van der Waals surface area (Å²) < 4.78 is 1.64. The molecule has 1 aromatic heterocycles. The smallest absolute Gasteiger partial charge is 0.254 e. The molecular formula is C16H20ClN3O2. The highest BCUT2D eigenvalue weighted by atomic mass is 35.5. The molecule has 0 fully saturated rings. The number of carbonyl (C=O) groups is 1. The van der Waals surface area contributed by atoms with Gasteiger partial charge in [0.05, 0.1) is 23.0 Å². The molecule has 1 heterocycles. The lowest BCUT2D eigenvalue weighted by molar-refractivity contribution is 0.0871. The maximum atomic E-state index is 12.2. The summed E-state index contributed by atoms with van der Waals surface area (Å²) >= 11 is 5.86. The van der Waals surface area contributed by atoms with Crippen molar-refractivity contribution in [3.8, 4) is 5.69 Å². The monoisotopic (exact) mass is 321 g/mol. The van der Waals surface area contributed by atoms with Crippen LogP contribution in [0, 0.1) is 12.8 Å². The SMILES string of the molecule is Cc1nn(-c2ccc(Cl)cc2)cc1C(=O)NCC(O)C(C)C. The van der Waals surface area contributed by atoms with Crippen molar-refractivity contribution in [2.24, 2.45) is 5.92 Å². The minimum absolute atomic E-state index is 0.0955. The van der Waals surface area contributed by atoms with Gasteiger partial charge >= 0.3 is 0 Å². The lowest BCUT2D eigenvalue weighted by Crippen LogP contribution is -2.34. The Bertz CT molecular complexity index is 650. The van der Waals surface area contributed by atoms with E-state index in [1.165, 1.54) is 0 Å². The maximum Gasteiger partial charge on any atom is 0.254 e. The maximum absolute atomic E-state index is 12.2. The fourth-order valence-corrected chi connectivity index (χ4v) is 2.06. The molecule has 2 N–H and O–H groups in total. The fraction of sp³-hybridized carbons (Fsp3) is 0.375. The van der Waals surface area contributed by atoms with Crippen LogP contribution in [0.25, 0.3) is 5.69 Å². The molecule has 118 valence electrons. The Hall–Kier alpha value is -1.85. The first-order valence-electron chi connectivity index (χ1n) is 7.17. The van der Waals surface area contributed by atoms with E-state index in [0.717, 1.165) is 5.69 Å². The summed E-state index contributed by atoms with van der Waals surface area (Å²) in [6.45, 7) is 5.81. The van der Waals surface area contributed by atoms with Gasteiger partial charge < -0.3 is 10.4 Å². The van der Waals surface area contributed by atoms with Gasteiger partial charge in [-0.3, -0.25) is 4.79 Å². The van der Waals surface area contributed by atoms with Crippen molar-refractivity contribution >= 4 is 17.5 Å². The van der Waals surface area contributed by atoms with Crippen LogP contribution in [-0.4, -0.2) is 33.4 Å². The van der Waals surface area contributed by atoms with Crippen molar-refractivity contribution in [2.75, 3.05) is 6.54 Å². The van der Waals surface area contributed by atoms with Gasteiger partial charge in [-0.15, -0.1) is 0 Å². The minimum atomic E-state index is -0.560. The molecule has 1 aromatic carbocycles. The van der Waals surface area contributed by atoms with Gasteiger partial charge in [-0.05, 0) is 37.1 Å². The van der Waals surface area contributed by atoms with Gasteiger partial charge in [-0.1, -0.05) is 25.4 Å². The van der Waals surface area contributed by atoms with Gasteiger partial charge in [-0.25, -0.2) is 4.68 Å². The van der Waals surface area contributed by atoms with Gasteiger partial charge in [0.2, 0.25) is 0 Å². The highest BCUT2D eigenvalue weighted by Crippen LogP contribution is 2.15. The largest absolute Gasteiger partial charge is 0.391 e. The molecule has 0 aliphatic heterocycles. The second-order valence-corrected chi connectivity index (χ2v) is 6.01. The number of nitrogens with zero attached hydrogens (tertiary/aromatic N) is 2. The van der Waals surface area contributed by atoms with E-state index >= 15 is 0 Å². The first-order valence-corrected chi connectivity index (χ1v) is 7.54. The highest BCUT2D eigenvalue weighted by Gasteiger charge is 2.16. The number of carbonyl (C=O) groups excluding carboxylic acids is 1. The summed E-state index contributed by atoms with van der Waals surface area (Å²) in [5.41, 5.74) is 1.95. The quantitative estimate of drug-likeness (QED) is 0.889. The molecule has 22 heavy (non-hydrogen) atoms. The molecule has 1 amide bonds. The van der Waals surface area contributed by atoms with Gasteiger partial charge in [0.1, 0.15) is 0 Å². The molecule has 1 unspecified atom stereocenters. The van der Waals surface area contributed by atoms with Gasteiger partial charge in [0.25, 0.3) is 5.91 Å². The van der Waals surface area contributed by atoms with E-state index in [9.17, 15) is 9.90 Å². The van der Waals surface area contributed by atoms with Crippen molar-refractivity contribution < 1.29 is 9.90 Å².